The molecule has 1 aliphatic rings. The van der Waals surface area contributed by atoms with Crippen molar-refractivity contribution in [1.82, 2.24) is 4.90 Å². The number of piperazine rings is 1. The van der Waals surface area contributed by atoms with Gasteiger partial charge in [-0.05, 0) is 61.7 Å². The number of halogens is 1. The number of anilines is 2. The Morgan fingerprint density at radius 1 is 1.03 bits per heavy atom. The smallest absolute Gasteiger partial charge is 0.292 e. The Bertz CT molecular complexity index is 1160. The van der Waals surface area contributed by atoms with E-state index >= 15 is 0 Å². The predicted molar refractivity (Wildman–Crippen MR) is 143 cm³/mol. The van der Waals surface area contributed by atoms with Gasteiger partial charge in [-0.1, -0.05) is 46.3 Å². The summed E-state index contributed by atoms with van der Waals surface area (Å²) in [6, 6.07) is 22.9. The molecule has 1 fully saturated rings. The molecule has 0 bridgehead atoms. The largest absolute Gasteiger partial charge is 0.377 e. The van der Waals surface area contributed by atoms with Gasteiger partial charge in [0.2, 0.25) is 0 Å². The minimum atomic E-state index is -0.342. The van der Waals surface area contributed by atoms with E-state index in [1.165, 1.54) is 5.56 Å². The molecule has 7 nitrogen and oxygen atoms in total. The number of hydrogen-bond donors (Lipinski definition) is 1. The highest BCUT2D eigenvalue weighted by Crippen LogP contribution is 2.31. The van der Waals surface area contributed by atoms with Crippen LogP contribution in [0.4, 0.5) is 17.1 Å². The monoisotopic (exact) mass is 536 g/mol. The van der Waals surface area contributed by atoms with Crippen LogP contribution in [0.5, 0.6) is 0 Å². The van der Waals surface area contributed by atoms with Crippen LogP contribution in [0.25, 0.3) is 0 Å². The van der Waals surface area contributed by atoms with E-state index in [1.54, 1.807) is 12.1 Å². The maximum absolute atomic E-state index is 12.8. The number of nitrogens with one attached hydrogen (secondary N) is 1. The molecule has 182 valence electrons. The van der Waals surface area contributed by atoms with Gasteiger partial charge >= 0.3 is 0 Å². The molecule has 8 heteroatoms. The van der Waals surface area contributed by atoms with Crippen molar-refractivity contribution in [3.63, 3.8) is 0 Å². The van der Waals surface area contributed by atoms with Gasteiger partial charge in [0.1, 0.15) is 5.69 Å². The molecule has 1 atom stereocenters. The number of aryl methyl sites for hydroxylation is 1. The van der Waals surface area contributed by atoms with Crippen LogP contribution < -0.4 is 10.2 Å². The Hall–Kier alpha value is -3.39. The highest BCUT2D eigenvalue weighted by atomic mass is 79.9. The number of nitro benzene ring substituents is 1. The number of amides is 1. The summed E-state index contributed by atoms with van der Waals surface area (Å²) in [7, 11) is 0. The third kappa shape index (κ3) is 6.39. The predicted octanol–water partition coefficient (Wildman–Crippen LogP) is 5.75. The highest BCUT2D eigenvalue weighted by Gasteiger charge is 2.24. The summed E-state index contributed by atoms with van der Waals surface area (Å²) in [4.78, 5) is 28.2. The Kier molecular flexibility index (Phi) is 8.02. The van der Waals surface area contributed by atoms with Crippen LogP contribution in [0.15, 0.2) is 77.3 Å². The van der Waals surface area contributed by atoms with Crippen LogP contribution in [0.3, 0.4) is 0 Å². The fraction of sp³-hybridized carbons (Fsp3) is 0.296. The zero-order chi connectivity index (χ0) is 24.8. The minimum Gasteiger partial charge on any atom is -0.377 e. The normalized spacial score (nSPS) is 14.5. The van der Waals surface area contributed by atoms with Crippen molar-refractivity contribution < 1.29 is 9.72 Å². The first-order chi connectivity index (χ1) is 16.9. The fourth-order valence-electron chi connectivity index (χ4n) is 4.30. The van der Waals surface area contributed by atoms with Crippen LogP contribution >= 0.6 is 15.9 Å². The first kappa shape index (κ1) is 24.7. The summed E-state index contributed by atoms with van der Waals surface area (Å²) < 4.78 is 0.941. The lowest BCUT2D eigenvalue weighted by atomic mass is 10.1. The maximum atomic E-state index is 12.8. The molecule has 0 aliphatic carbocycles. The second-order valence-corrected chi connectivity index (χ2v) is 9.73. The minimum absolute atomic E-state index is 0.0236. The van der Waals surface area contributed by atoms with Crippen molar-refractivity contribution in [1.29, 1.82) is 0 Å². The number of carbonyl (C=O) groups excluding carboxylic acids is 1. The van der Waals surface area contributed by atoms with E-state index in [2.05, 4.69) is 38.3 Å². The Balaban J connectivity index is 1.40. The summed E-state index contributed by atoms with van der Waals surface area (Å²) in [5.74, 6) is 0.0236. The molecule has 0 radical (unpaired) electrons. The Morgan fingerprint density at radius 3 is 2.37 bits per heavy atom. The van der Waals surface area contributed by atoms with E-state index in [0.29, 0.717) is 37.4 Å². The molecule has 0 saturated carbocycles. The number of nitrogens with zero attached hydrogens (tertiary/aromatic N) is 3. The topological polar surface area (TPSA) is 78.7 Å². The van der Waals surface area contributed by atoms with Crippen LogP contribution in [0, 0.1) is 10.1 Å². The van der Waals surface area contributed by atoms with Gasteiger partial charge < -0.3 is 15.1 Å². The van der Waals surface area contributed by atoms with Crippen molar-refractivity contribution >= 4 is 38.9 Å². The van der Waals surface area contributed by atoms with Gasteiger partial charge in [-0.25, -0.2) is 0 Å². The summed E-state index contributed by atoms with van der Waals surface area (Å²) in [6.07, 6.45) is 1.76. The molecule has 1 heterocycles. The van der Waals surface area contributed by atoms with Crippen LogP contribution in [-0.4, -0.2) is 48.0 Å². The van der Waals surface area contributed by atoms with E-state index in [0.717, 1.165) is 23.0 Å². The Morgan fingerprint density at radius 2 is 1.71 bits per heavy atom. The van der Waals surface area contributed by atoms with Crippen LogP contribution in [-0.2, 0) is 6.42 Å². The van der Waals surface area contributed by atoms with Crippen molar-refractivity contribution in [2.75, 3.05) is 36.4 Å². The fourth-order valence-corrected chi connectivity index (χ4v) is 4.57. The number of nitro groups is 1. The van der Waals surface area contributed by atoms with E-state index in [1.807, 2.05) is 60.4 Å². The van der Waals surface area contributed by atoms with Gasteiger partial charge in [0.05, 0.1) is 4.92 Å². The third-order valence-electron chi connectivity index (χ3n) is 6.31. The Labute approximate surface area is 214 Å². The number of benzene rings is 3. The molecule has 35 heavy (non-hydrogen) atoms. The van der Waals surface area contributed by atoms with Gasteiger partial charge in [-0.3, -0.25) is 14.9 Å². The van der Waals surface area contributed by atoms with E-state index < -0.39 is 0 Å². The average Bonchev–Trinajstić information content (AvgIpc) is 2.88. The molecule has 1 saturated heterocycles. The molecule has 1 aliphatic heterocycles. The van der Waals surface area contributed by atoms with Gasteiger partial charge in [-0.15, -0.1) is 0 Å². The lowest BCUT2D eigenvalue weighted by Crippen LogP contribution is -2.48. The first-order valence-electron chi connectivity index (χ1n) is 11.8. The molecular weight excluding hydrogens is 508 g/mol. The van der Waals surface area contributed by atoms with E-state index in [4.69, 9.17) is 0 Å². The number of rotatable bonds is 8. The zero-order valence-electron chi connectivity index (χ0n) is 19.7. The van der Waals surface area contributed by atoms with Gasteiger partial charge in [-0.2, -0.15) is 0 Å². The molecule has 4 rings (SSSR count). The van der Waals surface area contributed by atoms with Crippen molar-refractivity contribution in [3.8, 4) is 0 Å². The zero-order valence-corrected chi connectivity index (χ0v) is 21.3. The van der Waals surface area contributed by atoms with Gasteiger partial charge in [0.15, 0.2) is 0 Å². The highest BCUT2D eigenvalue weighted by molar-refractivity contribution is 9.10. The molecule has 3 aromatic carbocycles. The molecule has 0 aromatic heterocycles. The van der Waals surface area contributed by atoms with E-state index in [-0.39, 0.29) is 22.6 Å². The molecule has 1 N–H and O–H groups in total. The molecule has 0 spiro atoms. The standard InChI is InChI=1S/C27H29BrN4O3/c1-20(7-8-21-5-3-2-4-6-21)29-25-19-24(13-14-26(25)32(34)35)30-15-17-31(18-16-30)27(33)22-9-11-23(28)12-10-22/h2-6,9-14,19-20,29H,7-8,15-18H2,1H3/t20-/m0/s1. The van der Waals surface area contributed by atoms with Gasteiger partial charge in [0.25, 0.3) is 11.6 Å². The lowest BCUT2D eigenvalue weighted by molar-refractivity contribution is -0.384. The average molecular weight is 537 g/mol. The van der Waals surface area contributed by atoms with Gasteiger partial charge in [0, 0.05) is 54.0 Å². The third-order valence-corrected chi connectivity index (χ3v) is 6.84. The van der Waals surface area contributed by atoms with Crippen LogP contribution in [0.1, 0.15) is 29.3 Å². The number of hydrogen-bond acceptors (Lipinski definition) is 5. The number of carbonyl (C=O) groups is 1. The quantitative estimate of drug-likeness (QED) is 0.292. The summed E-state index contributed by atoms with van der Waals surface area (Å²) in [5.41, 5.74) is 3.45. The summed E-state index contributed by atoms with van der Waals surface area (Å²) >= 11 is 3.40. The maximum Gasteiger partial charge on any atom is 0.292 e. The SMILES string of the molecule is C[C@@H](CCc1ccccc1)Nc1cc(N2CCN(C(=O)c3ccc(Br)cc3)CC2)ccc1[N+](=O)[O-]. The van der Waals surface area contributed by atoms with E-state index in [9.17, 15) is 14.9 Å². The first-order valence-corrected chi connectivity index (χ1v) is 12.6. The molecular formula is C27H29BrN4O3. The molecule has 3 aromatic rings. The second kappa shape index (κ2) is 11.4. The molecule has 0 unspecified atom stereocenters. The summed E-state index contributed by atoms with van der Waals surface area (Å²) in [6.45, 7) is 4.59. The lowest BCUT2D eigenvalue weighted by Gasteiger charge is -2.36. The van der Waals surface area contributed by atoms with Crippen molar-refractivity contribution in [2.45, 2.75) is 25.8 Å². The van der Waals surface area contributed by atoms with Crippen LogP contribution in [0.2, 0.25) is 0 Å². The molecule has 1 amide bonds. The summed E-state index contributed by atoms with van der Waals surface area (Å²) in [5, 5.41) is 15.0. The second-order valence-electron chi connectivity index (χ2n) is 8.81. The van der Waals surface area contributed by atoms with Crippen molar-refractivity contribution in [2.24, 2.45) is 0 Å². The van der Waals surface area contributed by atoms with Crippen molar-refractivity contribution in [3.05, 3.63) is 98.5 Å².